The van der Waals surface area contributed by atoms with Gasteiger partial charge < -0.3 is 5.32 Å². The Morgan fingerprint density at radius 3 is 2.70 bits per heavy atom. The third-order valence-electron chi connectivity index (χ3n) is 6.09. The van der Waals surface area contributed by atoms with E-state index in [0.29, 0.717) is 13.0 Å². The van der Waals surface area contributed by atoms with Gasteiger partial charge in [0.15, 0.2) is 5.82 Å². The van der Waals surface area contributed by atoms with Crippen molar-refractivity contribution in [3.05, 3.63) is 16.4 Å². The number of nitrogens with one attached hydrogen (secondary N) is 2. The number of aromatic nitrogens is 6. The summed E-state index contributed by atoms with van der Waals surface area (Å²) in [4.78, 5) is 12.9. The first-order chi connectivity index (χ1) is 13.1. The number of carbonyl (C=O) groups is 1. The summed E-state index contributed by atoms with van der Waals surface area (Å²) in [5.74, 6) is 1.09. The first-order valence-electron chi connectivity index (χ1n) is 9.62. The van der Waals surface area contributed by atoms with Gasteiger partial charge >= 0.3 is 0 Å². The summed E-state index contributed by atoms with van der Waals surface area (Å²) in [7, 11) is 0. The minimum Gasteiger partial charge on any atom is -0.356 e. The van der Waals surface area contributed by atoms with Crippen LogP contribution < -0.4 is 10.6 Å². The molecule has 1 amide bonds. The van der Waals surface area contributed by atoms with Gasteiger partial charge in [-0.3, -0.25) is 10.1 Å². The molecule has 2 aliphatic rings. The van der Waals surface area contributed by atoms with E-state index in [2.05, 4.69) is 42.7 Å². The minimum atomic E-state index is -0.286. The molecule has 2 aromatic heterocycles. The molecular formula is C17H26N8OS. The molecule has 1 spiro atoms. The van der Waals surface area contributed by atoms with Crippen molar-refractivity contribution in [2.24, 2.45) is 5.41 Å². The summed E-state index contributed by atoms with van der Waals surface area (Å²) in [5.41, 5.74) is 0.771. The zero-order valence-corrected chi connectivity index (χ0v) is 16.7. The van der Waals surface area contributed by atoms with Crippen LogP contribution in [0.3, 0.4) is 0 Å². The van der Waals surface area contributed by atoms with Crippen LogP contribution in [-0.4, -0.2) is 42.2 Å². The van der Waals surface area contributed by atoms with Crippen molar-refractivity contribution < 1.29 is 4.79 Å². The van der Waals surface area contributed by atoms with Gasteiger partial charge in [-0.2, -0.15) is 0 Å². The van der Waals surface area contributed by atoms with Crippen LogP contribution >= 0.6 is 11.5 Å². The van der Waals surface area contributed by atoms with Crippen molar-refractivity contribution in [2.75, 3.05) is 6.54 Å². The van der Waals surface area contributed by atoms with Gasteiger partial charge in [0.05, 0.1) is 16.1 Å². The molecule has 9 nitrogen and oxygen atoms in total. The Bertz CT molecular complexity index is 807. The Labute approximate surface area is 162 Å². The fraction of sp³-hybridized carbons (Fsp3) is 0.765. The molecule has 1 saturated carbocycles. The molecule has 3 heterocycles. The fourth-order valence-electron chi connectivity index (χ4n) is 4.36. The lowest BCUT2D eigenvalue weighted by Gasteiger charge is -2.44. The molecule has 0 bridgehead atoms. The highest BCUT2D eigenvalue weighted by Crippen LogP contribution is 2.48. The molecule has 0 atom stereocenters. The van der Waals surface area contributed by atoms with E-state index in [1.807, 2.05) is 11.6 Å². The summed E-state index contributed by atoms with van der Waals surface area (Å²) >= 11 is 1.43. The zero-order chi connectivity index (χ0) is 18.9. The van der Waals surface area contributed by atoms with Crippen LogP contribution in [0.1, 0.15) is 61.8 Å². The van der Waals surface area contributed by atoms with Gasteiger partial charge in [0.1, 0.15) is 0 Å². The maximum Gasteiger partial charge on any atom is 0.220 e. The van der Waals surface area contributed by atoms with Crippen molar-refractivity contribution in [2.45, 2.75) is 71.0 Å². The highest BCUT2D eigenvalue weighted by atomic mass is 32.1. The molecule has 2 N–H and O–H groups in total. The molecule has 4 rings (SSSR count). The standard InChI is InChI=1S/C17H26N8OS/c1-3-8-25-15(21-22-23-25)17(19-10-13-12(2)20-24-27-13)6-4-16(5-7-17)9-14(26)18-11-16/h19H,3-11H2,1-2H3,(H,18,26). The molecule has 1 saturated heterocycles. The van der Waals surface area contributed by atoms with Crippen molar-refractivity contribution in [1.29, 1.82) is 0 Å². The molecule has 27 heavy (non-hydrogen) atoms. The molecule has 0 aromatic carbocycles. The first-order valence-corrected chi connectivity index (χ1v) is 10.4. The van der Waals surface area contributed by atoms with Gasteiger partial charge in [0.25, 0.3) is 0 Å². The van der Waals surface area contributed by atoms with Crippen LogP contribution in [-0.2, 0) is 23.4 Å². The van der Waals surface area contributed by atoms with Gasteiger partial charge in [0, 0.05) is 26.1 Å². The minimum absolute atomic E-state index is 0.0905. The lowest BCUT2D eigenvalue weighted by atomic mass is 9.66. The molecule has 1 aliphatic heterocycles. The Morgan fingerprint density at radius 2 is 2.07 bits per heavy atom. The van der Waals surface area contributed by atoms with Crippen molar-refractivity contribution >= 4 is 17.4 Å². The number of carbonyl (C=O) groups excluding carboxylic acids is 1. The summed E-state index contributed by atoms with van der Waals surface area (Å²) in [6.07, 6.45) is 5.42. The number of amides is 1. The van der Waals surface area contributed by atoms with Crippen LogP contribution in [0.15, 0.2) is 0 Å². The number of aryl methyl sites for hydroxylation is 2. The molecule has 10 heteroatoms. The average Bonchev–Trinajstić information content (AvgIpc) is 3.38. The number of hydrogen-bond acceptors (Lipinski definition) is 8. The van der Waals surface area contributed by atoms with Crippen LogP contribution in [0.2, 0.25) is 0 Å². The van der Waals surface area contributed by atoms with E-state index in [0.717, 1.165) is 61.6 Å². The largest absolute Gasteiger partial charge is 0.356 e. The number of rotatable bonds is 6. The molecule has 146 valence electrons. The number of hydrogen-bond donors (Lipinski definition) is 2. The zero-order valence-electron chi connectivity index (χ0n) is 15.9. The first kappa shape index (κ1) is 18.4. The smallest absolute Gasteiger partial charge is 0.220 e. The summed E-state index contributed by atoms with van der Waals surface area (Å²) in [5, 5.41) is 23.5. The van der Waals surface area contributed by atoms with Crippen molar-refractivity contribution in [1.82, 2.24) is 40.4 Å². The lowest BCUT2D eigenvalue weighted by Crippen LogP contribution is -2.49. The van der Waals surface area contributed by atoms with E-state index in [9.17, 15) is 4.79 Å². The van der Waals surface area contributed by atoms with E-state index < -0.39 is 0 Å². The highest BCUT2D eigenvalue weighted by molar-refractivity contribution is 7.05. The SMILES string of the molecule is CCCn1nnnc1C1(NCc2snnc2C)CCC2(CC1)CNC(=O)C2. The number of nitrogens with zero attached hydrogens (tertiary/aromatic N) is 6. The van der Waals surface area contributed by atoms with E-state index in [4.69, 9.17) is 0 Å². The van der Waals surface area contributed by atoms with Gasteiger partial charge in [0.2, 0.25) is 5.91 Å². The average molecular weight is 391 g/mol. The second-order valence-electron chi connectivity index (χ2n) is 7.90. The summed E-state index contributed by atoms with van der Waals surface area (Å²) in [6, 6.07) is 0. The molecular weight excluding hydrogens is 364 g/mol. The molecule has 1 aliphatic carbocycles. The third kappa shape index (κ3) is 3.47. The quantitative estimate of drug-likeness (QED) is 0.765. The highest BCUT2D eigenvalue weighted by Gasteiger charge is 2.49. The van der Waals surface area contributed by atoms with Gasteiger partial charge in [-0.15, -0.1) is 10.2 Å². The predicted octanol–water partition coefficient (Wildman–Crippen LogP) is 1.31. The lowest BCUT2D eigenvalue weighted by molar-refractivity contribution is -0.119. The normalized spacial score (nSPS) is 28.0. The van der Waals surface area contributed by atoms with Crippen molar-refractivity contribution in [3.8, 4) is 0 Å². The maximum absolute atomic E-state index is 11.8. The maximum atomic E-state index is 11.8. The van der Waals surface area contributed by atoms with Gasteiger partial charge in [-0.25, -0.2) is 4.68 Å². The van der Waals surface area contributed by atoms with E-state index >= 15 is 0 Å². The Kier molecular flexibility index (Phi) is 4.94. The predicted molar refractivity (Wildman–Crippen MR) is 99.8 cm³/mol. The third-order valence-corrected chi connectivity index (χ3v) is 6.91. The molecule has 0 unspecified atom stereocenters. The monoisotopic (exact) mass is 390 g/mol. The Morgan fingerprint density at radius 1 is 1.26 bits per heavy atom. The Balaban J connectivity index is 1.59. The van der Waals surface area contributed by atoms with Crippen LogP contribution in [0, 0.1) is 12.3 Å². The fourth-order valence-corrected chi connectivity index (χ4v) is 4.94. The summed E-state index contributed by atoms with van der Waals surface area (Å²) < 4.78 is 5.98. The summed E-state index contributed by atoms with van der Waals surface area (Å²) in [6.45, 7) is 6.41. The van der Waals surface area contributed by atoms with Gasteiger partial charge in [-0.05, 0) is 66.4 Å². The molecule has 2 aromatic rings. The number of tetrazole rings is 1. The second-order valence-corrected chi connectivity index (χ2v) is 8.73. The van der Waals surface area contributed by atoms with Gasteiger partial charge in [-0.1, -0.05) is 11.4 Å². The van der Waals surface area contributed by atoms with E-state index in [1.165, 1.54) is 11.5 Å². The molecule has 2 fully saturated rings. The van der Waals surface area contributed by atoms with E-state index in [-0.39, 0.29) is 16.9 Å². The van der Waals surface area contributed by atoms with Crippen LogP contribution in [0.25, 0.3) is 0 Å². The Hall–Kier alpha value is -1.94. The topological polar surface area (TPSA) is 111 Å². The van der Waals surface area contributed by atoms with Crippen LogP contribution in [0.5, 0.6) is 0 Å². The van der Waals surface area contributed by atoms with Crippen molar-refractivity contribution in [3.63, 3.8) is 0 Å². The van der Waals surface area contributed by atoms with E-state index in [1.54, 1.807) is 0 Å². The van der Waals surface area contributed by atoms with Crippen LogP contribution in [0.4, 0.5) is 0 Å². The molecule has 0 radical (unpaired) electrons. The second kappa shape index (κ2) is 7.23.